The fourth-order valence-electron chi connectivity index (χ4n) is 2.70. The molecule has 2 heterocycles. The standard InChI is InChI=1S/C18H16N4O2S/c1-24-16-5-3-2-4-12(16)9-19-18-22-15(10-25-18)11-6-7-13-14(8-11)21-17(23)20-13/h2-8,10H,9H2,1H3,(H,19,22)(H2,20,21,23). The lowest BCUT2D eigenvalue weighted by atomic mass is 10.1. The molecule has 0 aliphatic carbocycles. The van der Waals surface area contributed by atoms with Gasteiger partial charge in [-0.05, 0) is 18.2 Å². The van der Waals surface area contributed by atoms with E-state index in [0.717, 1.165) is 38.7 Å². The third kappa shape index (κ3) is 3.14. The first-order valence-electron chi connectivity index (χ1n) is 7.76. The Labute approximate surface area is 147 Å². The molecule has 0 unspecified atom stereocenters. The molecule has 4 aromatic rings. The van der Waals surface area contributed by atoms with Crippen LogP contribution < -0.4 is 15.7 Å². The van der Waals surface area contributed by atoms with Gasteiger partial charge in [0.2, 0.25) is 0 Å². The van der Waals surface area contributed by atoms with Crippen LogP contribution in [0.3, 0.4) is 0 Å². The van der Waals surface area contributed by atoms with Crippen LogP contribution in [0.25, 0.3) is 22.3 Å². The predicted molar refractivity (Wildman–Crippen MR) is 100 cm³/mol. The van der Waals surface area contributed by atoms with Crippen molar-refractivity contribution in [2.45, 2.75) is 6.54 Å². The maximum atomic E-state index is 11.4. The summed E-state index contributed by atoms with van der Waals surface area (Å²) >= 11 is 1.54. The fourth-order valence-corrected chi connectivity index (χ4v) is 3.42. The quantitative estimate of drug-likeness (QED) is 0.512. The Kier molecular flexibility index (Phi) is 3.99. The molecule has 0 saturated carbocycles. The van der Waals surface area contributed by atoms with Crippen molar-refractivity contribution < 1.29 is 4.74 Å². The van der Waals surface area contributed by atoms with E-state index in [9.17, 15) is 4.79 Å². The number of fused-ring (bicyclic) bond motifs is 1. The number of rotatable bonds is 5. The van der Waals surface area contributed by atoms with Crippen LogP contribution in [0.2, 0.25) is 0 Å². The molecule has 126 valence electrons. The van der Waals surface area contributed by atoms with Gasteiger partial charge in [-0.3, -0.25) is 0 Å². The number of para-hydroxylation sites is 1. The highest BCUT2D eigenvalue weighted by molar-refractivity contribution is 7.14. The maximum absolute atomic E-state index is 11.4. The van der Waals surface area contributed by atoms with Crippen LogP contribution >= 0.6 is 11.3 Å². The number of H-pyrrole nitrogens is 2. The van der Waals surface area contributed by atoms with Gasteiger partial charge in [0.15, 0.2) is 5.13 Å². The lowest BCUT2D eigenvalue weighted by molar-refractivity contribution is 0.410. The number of ether oxygens (including phenoxy) is 1. The number of hydrogen-bond acceptors (Lipinski definition) is 5. The third-order valence-corrected chi connectivity index (χ3v) is 4.74. The lowest BCUT2D eigenvalue weighted by Crippen LogP contribution is -2.01. The van der Waals surface area contributed by atoms with E-state index in [1.54, 1.807) is 18.4 Å². The molecule has 0 aliphatic heterocycles. The van der Waals surface area contributed by atoms with Gasteiger partial charge < -0.3 is 20.0 Å². The van der Waals surface area contributed by atoms with Gasteiger partial charge in [-0.2, -0.15) is 0 Å². The number of methoxy groups -OCH3 is 1. The number of aromatic nitrogens is 3. The van der Waals surface area contributed by atoms with Crippen LogP contribution in [0, 0.1) is 0 Å². The molecule has 4 rings (SSSR count). The minimum atomic E-state index is -0.204. The van der Waals surface area contributed by atoms with Crippen LogP contribution in [0.4, 0.5) is 5.13 Å². The highest BCUT2D eigenvalue weighted by Gasteiger charge is 2.08. The number of thiazole rings is 1. The molecule has 0 radical (unpaired) electrons. The van der Waals surface area contributed by atoms with Crippen LogP contribution in [0.1, 0.15) is 5.56 Å². The van der Waals surface area contributed by atoms with E-state index in [2.05, 4.69) is 20.3 Å². The minimum absolute atomic E-state index is 0.204. The second-order valence-electron chi connectivity index (χ2n) is 5.54. The van der Waals surface area contributed by atoms with E-state index in [4.69, 9.17) is 4.74 Å². The lowest BCUT2D eigenvalue weighted by Gasteiger charge is -2.08. The largest absolute Gasteiger partial charge is 0.496 e. The molecule has 2 aromatic heterocycles. The number of benzene rings is 2. The maximum Gasteiger partial charge on any atom is 0.323 e. The molecule has 0 atom stereocenters. The van der Waals surface area contributed by atoms with Gasteiger partial charge in [0.05, 0.1) is 23.8 Å². The first kappa shape index (κ1) is 15.5. The van der Waals surface area contributed by atoms with Crippen molar-refractivity contribution in [3.05, 3.63) is 63.9 Å². The van der Waals surface area contributed by atoms with Crippen molar-refractivity contribution in [3.63, 3.8) is 0 Å². The summed E-state index contributed by atoms with van der Waals surface area (Å²) in [6, 6.07) is 13.7. The number of hydrogen-bond donors (Lipinski definition) is 3. The number of nitrogens with one attached hydrogen (secondary N) is 3. The normalized spacial score (nSPS) is 10.9. The highest BCUT2D eigenvalue weighted by atomic mass is 32.1. The average molecular weight is 352 g/mol. The summed E-state index contributed by atoms with van der Waals surface area (Å²) in [6.07, 6.45) is 0. The summed E-state index contributed by atoms with van der Waals surface area (Å²) in [7, 11) is 1.67. The van der Waals surface area contributed by atoms with Gasteiger partial charge in [-0.15, -0.1) is 11.3 Å². The van der Waals surface area contributed by atoms with Crippen LogP contribution in [-0.4, -0.2) is 22.1 Å². The third-order valence-electron chi connectivity index (χ3n) is 3.94. The topological polar surface area (TPSA) is 82.8 Å². The number of anilines is 1. The Morgan fingerprint density at radius 2 is 2.00 bits per heavy atom. The van der Waals surface area contributed by atoms with E-state index in [1.165, 1.54) is 0 Å². The Balaban J connectivity index is 1.54. The molecule has 0 saturated heterocycles. The van der Waals surface area contributed by atoms with E-state index in [0.29, 0.717) is 6.54 Å². The van der Waals surface area contributed by atoms with Crippen molar-refractivity contribution >= 4 is 27.5 Å². The van der Waals surface area contributed by atoms with Gasteiger partial charge in [0, 0.05) is 23.1 Å². The number of aromatic amines is 2. The van der Waals surface area contributed by atoms with Crippen molar-refractivity contribution in [1.29, 1.82) is 0 Å². The van der Waals surface area contributed by atoms with Crippen LogP contribution in [0.5, 0.6) is 5.75 Å². The molecule has 25 heavy (non-hydrogen) atoms. The number of nitrogens with zero attached hydrogens (tertiary/aromatic N) is 1. The molecule has 0 amide bonds. The number of imidazole rings is 1. The average Bonchev–Trinajstić information content (AvgIpc) is 3.25. The highest BCUT2D eigenvalue weighted by Crippen LogP contribution is 2.27. The minimum Gasteiger partial charge on any atom is -0.496 e. The van der Waals surface area contributed by atoms with Crippen LogP contribution in [-0.2, 0) is 6.54 Å². The zero-order chi connectivity index (χ0) is 17.2. The Morgan fingerprint density at radius 1 is 1.16 bits per heavy atom. The molecule has 0 aliphatic rings. The predicted octanol–water partition coefficient (Wildman–Crippen LogP) is 3.60. The zero-order valence-electron chi connectivity index (χ0n) is 13.5. The van der Waals surface area contributed by atoms with E-state index >= 15 is 0 Å². The summed E-state index contributed by atoms with van der Waals surface area (Å²) in [5.41, 5.74) is 4.27. The van der Waals surface area contributed by atoms with E-state index in [-0.39, 0.29) is 5.69 Å². The van der Waals surface area contributed by atoms with Crippen molar-refractivity contribution in [2.75, 3.05) is 12.4 Å². The monoisotopic (exact) mass is 352 g/mol. The smallest absolute Gasteiger partial charge is 0.323 e. The molecular weight excluding hydrogens is 336 g/mol. The molecule has 3 N–H and O–H groups in total. The Hall–Kier alpha value is -3.06. The fraction of sp³-hybridized carbons (Fsp3) is 0.111. The van der Waals surface area contributed by atoms with E-state index < -0.39 is 0 Å². The Bertz CT molecular complexity index is 1080. The van der Waals surface area contributed by atoms with E-state index in [1.807, 2.05) is 47.8 Å². The first-order valence-corrected chi connectivity index (χ1v) is 8.64. The van der Waals surface area contributed by atoms with Crippen LogP contribution in [0.15, 0.2) is 52.6 Å². The Morgan fingerprint density at radius 3 is 2.88 bits per heavy atom. The summed E-state index contributed by atoms with van der Waals surface area (Å²) in [5, 5.41) is 6.16. The molecule has 2 aromatic carbocycles. The van der Waals surface area contributed by atoms with Crippen molar-refractivity contribution in [1.82, 2.24) is 15.0 Å². The van der Waals surface area contributed by atoms with Crippen molar-refractivity contribution in [2.24, 2.45) is 0 Å². The van der Waals surface area contributed by atoms with Gasteiger partial charge >= 0.3 is 5.69 Å². The molecule has 6 nitrogen and oxygen atoms in total. The van der Waals surface area contributed by atoms with Crippen molar-refractivity contribution in [3.8, 4) is 17.0 Å². The molecule has 0 bridgehead atoms. The summed E-state index contributed by atoms with van der Waals surface area (Å²) in [6.45, 7) is 0.640. The first-order chi connectivity index (χ1) is 12.2. The summed E-state index contributed by atoms with van der Waals surface area (Å²) in [4.78, 5) is 21.5. The SMILES string of the molecule is COc1ccccc1CNc1nc(-c2ccc3[nH]c(=O)[nH]c3c2)cs1. The molecule has 0 spiro atoms. The molecular formula is C18H16N4O2S. The van der Waals surface area contributed by atoms with Gasteiger partial charge in [-0.25, -0.2) is 9.78 Å². The van der Waals surface area contributed by atoms with Gasteiger partial charge in [0.25, 0.3) is 0 Å². The molecule has 7 heteroatoms. The van der Waals surface area contributed by atoms with Gasteiger partial charge in [-0.1, -0.05) is 24.3 Å². The summed E-state index contributed by atoms with van der Waals surface area (Å²) < 4.78 is 5.36. The zero-order valence-corrected chi connectivity index (χ0v) is 14.3. The molecule has 0 fully saturated rings. The summed E-state index contributed by atoms with van der Waals surface area (Å²) in [5.74, 6) is 0.855. The second-order valence-corrected chi connectivity index (χ2v) is 6.40. The van der Waals surface area contributed by atoms with Gasteiger partial charge in [0.1, 0.15) is 5.75 Å². The second kappa shape index (κ2) is 6.45.